The number of rotatable bonds is 9. The maximum Gasteiger partial charge on any atom is 0.0433 e. The smallest absolute Gasteiger partial charge is 0.0433 e. The van der Waals surface area contributed by atoms with E-state index in [4.69, 9.17) is 0 Å². The average Bonchev–Trinajstić information content (AvgIpc) is 3.57. The Labute approximate surface area is 297 Å². The molecule has 0 atom stereocenters. The summed E-state index contributed by atoms with van der Waals surface area (Å²) in [7, 11) is 0. The topological polar surface area (TPSA) is 12.0 Å². The number of thiophene rings is 1. The summed E-state index contributed by atoms with van der Waals surface area (Å²) in [5.74, 6) is 0. The maximum atomic E-state index is 4.38. The summed E-state index contributed by atoms with van der Waals surface area (Å²) in [6.07, 6.45) is 6.26. The zero-order valence-electron chi connectivity index (χ0n) is 27.6. The minimum atomic E-state index is 0.965. The van der Waals surface area contributed by atoms with Gasteiger partial charge in [0.15, 0.2) is 0 Å². The van der Waals surface area contributed by atoms with Crippen LogP contribution in [-0.4, -0.2) is 0 Å². The molecule has 0 spiro atoms. The molecule has 0 aliphatic rings. The van der Waals surface area contributed by atoms with E-state index in [1.54, 1.807) is 0 Å². The van der Waals surface area contributed by atoms with Crippen molar-refractivity contribution in [2.45, 2.75) is 0 Å². The number of hydrogen-bond acceptors (Lipinski definition) is 2. The molecule has 1 N–H and O–H groups in total. The molecule has 1 nitrogen and oxygen atoms in total. The SMILES string of the molecule is C=C(/C=C(\C=C/Nc1ccccc1)c1ccc(-c2cccc(-c3cccc(-c4cccc5c4sc4ccccc45)c3)c2)cc1)c1ccccc1. The summed E-state index contributed by atoms with van der Waals surface area (Å²) >= 11 is 1.88. The molecule has 0 amide bonds. The number of hydrogen-bond donors (Lipinski definition) is 1. The molecule has 0 unspecified atom stereocenters. The van der Waals surface area contributed by atoms with E-state index < -0.39 is 0 Å². The van der Waals surface area contributed by atoms with Gasteiger partial charge in [0.05, 0.1) is 0 Å². The molecule has 2 heteroatoms. The highest BCUT2D eigenvalue weighted by molar-refractivity contribution is 7.26. The predicted octanol–water partition coefficient (Wildman–Crippen LogP) is 13.8. The lowest BCUT2D eigenvalue weighted by atomic mass is 9.94. The number of benzene rings is 7. The van der Waals surface area contributed by atoms with Gasteiger partial charge in [-0.05, 0) is 98.1 Å². The molecule has 0 saturated heterocycles. The van der Waals surface area contributed by atoms with Crippen LogP contribution in [-0.2, 0) is 0 Å². The number of nitrogens with one attached hydrogen (secondary N) is 1. The summed E-state index contributed by atoms with van der Waals surface area (Å²) in [6, 6.07) is 62.5. The average molecular weight is 658 g/mol. The van der Waals surface area contributed by atoms with Crippen LogP contribution in [0, 0.1) is 0 Å². The first kappa shape index (κ1) is 31.1. The molecular formula is C48H35NS. The van der Waals surface area contributed by atoms with Crippen LogP contribution >= 0.6 is 11.3 Å². The van der Waals surface area contributed by atoms with E-state index in [1.165, 1.54) is 53.6 Å². The largest absolute Gasteiger partial charge is 0.362 e. The fourth-order valence-corrected chi connectivity index (χ4v) is 7.73. The second-order valence-electron chi connectivity index (χ2n) is 12.4. The molecule has 8 aromatic rings. The molecule has 1 aromatic heterocycles. The van der Waals surface area contributed by atoms with Crippen molar-refractivity contribution in [2.75, 3.05) is 5.32 Å². The van der Waals surface area contributed by atoms with Gasteiger partial charge in [0.1, 0.15) is 0 Å². The standard InChI is InChI=1S/C48H35NS/c1-34(35-13-4-2-5-14-35)31-41(29-30-49-43-19-6-3-7-20-43)37-27-25-36(26-28-37)38-15-10-16-39(32-38)40-17-11-18-42(33-40)44-22-12-23-46-45-21-8-9-24-47(45)50-48(44)46/h2-33,49H,1H2/b30-29-,41-31+. The molecule has 0 aliphatic carbocycles. The number of fused-ring (bicyclic) bond motifs is 3. The molecule has 0 radical (unpaired) electrons. The Morgan fingerprint density at radius 2 is 1.10 bits per heavy atom. The quantitative estimate of drug-likeness (QED) is 0.152. The first-order valence-electron chi connectivity index (χ1n) is 16.9. The van der Waals surface area contributed by atoms with Gasteiger partial charge in [-0.25, -0.2) is 0 Å². The number of para-hydroxylation sites is 1. The van der Waals surface area contributed by atoms with E-state index in [0.29, 0.717) is 0 Å². The molecule has 238 valence electrons. The highest BCUT2D eigenvalue weighted by atomic mass is 32.1. The fraction of sp³-hybridized carbons (Fsp3) is 0. The zero-order valence-corrected chi connectivity index (χ0v) is 28.4. The van der Waals surface area contributed by atoms with Gasteiger partial charge in [-0.15, -0.1) is 11.3 Å². The third-order valence-electron chi connectivity index (χ3n) is 9.09. The second-order valence-corrected chi connectivity index (χ2v) is 13.4. The van der Waals surface area contributed by atoms with Gasteiger partial charge < -0.3 is 5.32 Å². The van der Waals surface area contributed by atoms with Gasteiger partial charge in [0, 0.05) is 32.1 Å². The van der Waals surface area contributed by atoms with Crippen LogP contribution in [0.4, 0.5) is 5.69 Å². The van der Waals surface area contributed by atoms with E-state index in [9.17, 15) is 0 Å². The summed E-state index contributed by atoms with van der Waals surface area (Å²) in [5, 5.41) is 6.05. The van der Waals surface area contributed by atoms with Crippen LogP contribution in [0.2, 0.25) is 0 Å². The number of anilines is 1. The van der Waals surface area contributed by atoms with Crippen molar-refractivity contribution in [1.29, 1.82) is 0 Å². The van der Waals surface area contributed by atoms with Gasteiger partial charge >= 0.3 is 0 Å². The van der Waals surface area contributed by atoms with Gasteiger partial charge in [-0.3, -0.25) is 0 Å². The van der Waals surface area contributed by atoms with Crippen molar-refractivity contribution in [2.24, 2.45) is 0 Å². The predicted molar refractivity (Wildman–Crippen MR) is 218 cm³/mol. The summed E-state index contributed by atoms with van der Waals surface area (Å²) in [5.41, 5.74) is 12.6. The highest BCUT2D eigenvalue weighted by Gasteiger charge is 2.11. The monoisotopic (exact) mass is 657 g/mol. The summed E-state index contributed by atoms with van der Waals surface area (Å²) < 4.78 is 2.67. The Kier molecular flexibility index (Phi) is 8.76. The maximum absolute atomic E-state index is 4.38. The van der Waals surface area contributed by atoms with E-state index in [2.05, 4.69) is 164 Å². The highest BCUT2D eigenvalue weighted by Crippen LogP contribution is 2.40. The van der Waals surface area contributed by atoms with Crippen LogP contribution in [0.1, 0.15) is 11.1 Å². The second kappa shape index (κ2) is 14.1. The molecule has 0 fully saturated rings. The Hall–Kier alpha value is -6.22. The van der Waals surface area contributed by atoms with Crippen LogP contribution < -0.4 is 5.32 Å². The van der Waals surface area contributed by atoms with Crippen molar-refractivity contribution in [1.82, 2.24) is 0 Å². The molecule has 0 aliphatic heterocycles. The van der Waals surface area contributed by atoms with Gasteiger partial charge in [-0.2, -0.15) is 0 Å². The lowest BCUT2D eigenvalue weighted by Gasteiger charge is -2.11. The van der Waals surface area contributed by atoms with Gasteiger partial charge in [-0.1, -0.05) is 152 Å². The van der Waals surface area contributed by atoms with E-state index in [1.807, 2.05) is 53.9 Å². The van der Waals surface area contributed by atoms with Crippen LogP contribution in [0.25, 0.3) is 64.7 Å². The van der Waals surface area contributed by atoms with Crippen LogP contribution in [0.15, 0.2) is 201 Å². The van der Waals surface area contributed by atoms with Gasteiger partial charge in [0.25, 0.3) is 0 Å². The van der Waals surface area contributed by atoms with Crippen molar-refractivity contribution >= 4 is 48.3 Å². The molecule has 1 heterocycles. The lowest BCUT2D eigenvalue weighted by molar-refractivity contribution is 1.55. The first-order valence-corrected chi connectivity index (χ1v) is 17.7. The van der Waals surface area contributed by atoms with Crippen molar-refractivity contribution in [3.8, 4) is 33.4 Å². The molecule has 8 rings (SSSR count). The number of allylic oxidation sites excluding steroid dienone is 4. The van der Waals surface area contributed by atoms with E-state index >= 15 is 0 Å². The zero-order chi connectivity index (χ0) is 33.7. The molecule has 0 bridgehead atoms. The van der Waals surface area contributed by atoms with E-state index in [-0.39, 0.29) is 0 Å². The third kappa shape index (κ3) is 6.58. The Morgan fingerprint density at radius 3 is 1.86 bits per heavy atom. The van der Waals surface area contributed by atoms with E-state index in [0.717, 1.165) is 28.0 Å². The normalized spacial score (nSPS) is 11.7. The van der Waals surface area contributed by atoms with Crippen molar-refractivity contribution in [3.63, 3.8) is 0 Å². The fourth-order valence-electron chi connectivity index (χ4n) is 6.49. The Bertz CT molecular complexity index is 2500. The van der Waals surface area contributed by atoms with Gasteiger partial charge in [0.2, 0.25) is 0 Å². The third-order valence-corrected chi connectivity index (χ3v) is 10.3. The van der Waals surface area contributed by atoms with Crippen LogP contribution in [0.3, 0.4) is 0 Å². The molecule has 7 aromatic carbocycles. The Balaban J connectivity index is 1.08. The van der Waals surface area contributed by atoms with Crippen LogP contribution in [0.5, 0.6) is 0 Å². The summed E-state index contributed by atoms with van der Waals surface area (Å²) in [4.78, 5) is 0. The van der Waals surface area contributed by atoms with Crippen molar-refractivity contribution in [3.05, 3.63) is 212 Å². The van der Waals surface area contributed by atoms with Crippen molar-refractivity contribution < 1.29 is 0 Å². The minimum Gasteiger partial charge on any atom is -0.362 e. The molecule has 50 heavy (non-hydrogen) atoms. The molecule has 0 saturated carbocycles. The lowest BCUT2D eigenvalue weighted by Crippen LogP contribution is -1.89. The summed E-state index contributed by atoms with van der Waals surface area (Å²) in [6.45, 7) is 4.38. The minimum absolute atomic E-state index is 0.965. The molecular weight excluding hydrogens is 623 g/mol. The Morgan fingerprint density at radius 1 is 0.500 bits per heavy atom. The first-order chi connectivity index (χ1) is 24.7.